The Morgan fingerprint density at radius 1 is 1.23 bits per heavy atom. The molecule has 2 fully saturated rings. The van der Waals surface area contributed by atoms with Gasteiger partial charge >= 0.3 is 5.97 Å². The summed E-state index contributed by atoms with van der Waals surface area (Å²) in [5, 5.41) is 18.8. The van der Waals surface area contributed by atoms with Gasteiger partial charge in [-0.15, -0.1) is 0 Å². The number of carbonyl (C=O) groups is 1. The van der Waals surface area contributed by atoms with Crippen LogP contribution < -0.4 is 0 Å². The minimum Gasteiger partial charge on any atom is -0.481 e. The lowest BCUT2D eigenvalue weighted by Gasteiger charge is -2.45. The van der Waals surface area contributed by atoms with Gasteiger partial charge in [0.25, 0.3) is 0 Å². The summed E-state index contributed by atoms with van der Waals surface area (Å²) in [5.41, 5.74) is -0.625. The molecule has 0 heterocycles. The van der Waals surface area contributed by atoms with Crippen molar-refractivity contribution in [2.45, 2.75) is 44.1 Å². The van der Waals surface area contributed by atoms with Gasteiger partial charge in [0.1, 0.15) is 0 Å². The Morgan fingerprint density at radius 2 is 1.77 bits per heavy atom. The number of aliphatic carboxylic acids is 1. The van der Waals surface area contributed by atoms with Crippen molar-refractivity contribution in [1.82, 2.24) is 0 Å². The first-order valence-corrected chi connectivity index (χ1v) is 5.07. The molecule has 0 radical (unpaired) electrons. The van der Waals surface area contributed by atoms with E-state index < -0.39 is 11.6 Å². The Labute approximate surface area is 77.8 Å². The number of hydrogen-bond donors (Lipinski definition) is 2. The van der Waals surface area contributed by atoms with Crippen LogP contribution in [0.25, 0.3) is 0 Å². The molecule has 3 heteroatoms. The first kappa shape index (κ1) is 9.00. The molecule has 0 aliphatic heterocycles. The highest BCUT2D eigenvalue weighted by atomic mass is 16.4. The van der Waals surface area contributed by atoms with Crippen LogP contribution in [0.5, 0.6) is 0 Å². The fraction of sp³-hybridized carbons (Fsp3) is 0.900. The fourth-order valence-corrected chi connectivity index (χ4v) is 2.76. The maximum atomic E-state index is 10.6. The van der Waals surface area contributed by atoms with E-state index in [2.05, 4.69) is 0 Å². The van der Waals surface area contributed by atoms with Gasteiger partial charge < -0.3 is 10.2 Å². The van der Waals surface area contributed by atoms with E-state index in [-0.39, 0.29) is 5.92 Å². The predicted octanol–water partition coefficient (Wildman–Crippen LogP) is 1.40. The third kappa shape index (κ3) is 1.46. The highest BCUT2D eigenvalue weighted by Gasteiger charge is 2.51. The van der Waals surface area contributed by atoms with Crippen molar-refractivity contribution in [3.05, 3.63) is 0 Å². The largest absolute Gasteiger partial charge is 0.481 e. The highest BCUT2D eigenvalue weighted by molar-refractivity contribution is 5.71. The number of rotatable bonds is 2. The maximum Gasteiger partial charge on any atom is 0.306 e. The summed E-state index contributed by atoms with van der Waals surface area (Å²) in [5.74, 6) is -0.656. The van der Waals surface area contributed by atoms with Gasteiger partial charge in [-0.05, 0) is 31.6 Å². The monoisotopic (exact) mass is 184 g/mol. The van der Waals surface area contributed by atoms with Crippen LogP contribution in [0.1, 0.15) is 38.5 Å². The van der Waals surface area contributed by atoms with Crippen molar-refractivity contribution in [2.75, 3.05) is 0 Å². The first-order valence-electron chi connectivity index (χ1n) is 5.07. The van der Waals surface area contributed by atoms with E-state index in [1.54, 1.807) is 0 Å². The number of aliphatic hydroxyl groups is 1. The molecule has 2 aliphatic carbocycles. The average molecular weight is 184 g/mol. The molecule has 3 nitrogen and oxygen atoms in total. The Balaban J connectivity index is 1.90. The fourth-order valence-electron chi connectivity index (χ4n) is 2.76. The van der Waals surface area contributed by atoms with Crippen molar-refractivity contribution in [3.8, 4) is 0 Å². The molecule has 2 aliphatic rings. The van der Waals surface area contributed by atoms with Gasteiger partial charge in [0, 0.05) is 0 Å². The molecule has 2 rings (SSSR count). The second kappa shape index (κ2) is 2.98. The van der Waals surface area contributed by atoms with Crippen LogP contribution in [-0.2, 0) is 4.79 Å². The molecule has 0 unspecified atom stereocenters. The number of carboxylic acid groups (broad SMARTS) is 1. The quantitative estimate of drug-likeness (QED) is 0.682. The van der Waals surface area contributed by atoms with E-state index >= 15 is 0 Å². The standard InChI is InChI=1S/C10H16O3/c11-9(12)7-5-10(13,6-7)8-3-1-2-4-8/h7-8,13H,1-6H2,(H,11,12). The molecule has 2 N–H and O–H groups in total. The first-order chi connectivity index (χ1) is 6.12. The van der Waals surface area contributed by atoms with Crippen LogP contribution in [0, 0.1) is 11.8 Å². The van der Waals surface area contributed by atoms with Gasteiger partial charge in [-0.1, -0.05) is 12.8 Å². The van der Waals surface area contributed by atoms with E-state index in [9.17, 15) is 9.90 Å². The Kier molecular flexibility index (Phi) is 2.06. The summed E-state index contributed by atoms with van der Waals surface area (Å²) in [4.78, 5) is 10.6. The Morgan fingerprint density at radius 3 is 2.23 bits per heavy atom. The van der Waals surface area contributed by atoms with Gasteiger partial charge in [0.05, 0.1) is 11.5 Å². The Hall–Kier alpha value is -0.570. The summed E-state index contributed by atoms with van der Waals surface area (Å²) in [7, 11) is 0. The van der Waals surface area contributed by atoms with Gasteiger partial charge in [-0.25, -0.2) is 0 Å². The van der Waals surface area contributed by atoms with Gasteiger partial charge in [0.2, 0.25) is 0 Å². The minimum absolute atomic E-state index is 0.286. The van der Waals surface area contributed by atoms with Gasteiger partial charge in [0.15, 0.2) is 0 Å². The zero-order chi connectivity index (χ0) is 9.47. The SMILES string of the molecule is O=C(O)C1CC(O)(C2CCCC2)C1. The topological polar surface area (TPSA) is 57.5 Å². The summed E-state index contributed by atoms with van der Waals surface area (Å²) in [6.45, 7) is 0. The lowest BCUT2D eigenvalue weighted by Crippen LogP contribution is -2.51. The summed E-state index contributed by atoms with van der Waals surface area (Å²) < 4.78 is 0. The third-order valence-electron chi connectivity index (χ3n) is 3.66. The lowest BCUT2D eigenvalue weighted by atomic mass is 9.64. The Bertz CT molecular complexity index is 212. The molecule has 0 aromatic heterocycles. The molecule has 74 valence electrons. The van der Waals surface area contributed by atoms with E-state index in [1.165, 1.54) is 12.8 Å². The molecule has 0 bridgehead atoms. The minimum atomic E-state index is -0.748. The van der Waals surface area contributed by atoms with Crippen LogP contribution in [0.4, 0.5) is 0 Å². The normalized spacial score (nSPS) is 40.2. The van der Waals surface area contributed by atoms with E-state index in [4.69, 9.17) is 5.11 Å². The van der Waals surface area contributed by atoms with Gasteiger partial charge in [-0.3, -0.25) is 4.79 Å². The number of carboxylic acids is 1. The smallest absolute Gasteiger partial charge is 0.306 e. The zero-order valence-corrected chi connectivity index (χ0v) is 7.70. The third-order valence-corrected chi connectivity index (χ3v) is 3.66. The zero-order valence-electron chi connectivity index (χ0n) is 7.70. The molecule has 0 aromatic rings. The molecule has 0 spiro atoms. The van der Waals surface area contributed by atoms with Crippen molar-refractivity contribution < 1.29 is 15.0 Å². The summed E-state index contributed by atoms with van der Waals surface area (Å²) in [6.07, 6.45) is 5.53. The maximum absolute atomic E-state index is 10.6. The second-order valence-corrected chi connectivity index (χ2v) is 4.53. The van der Waals surface area contributed by atoms with Crippen LogP contribution in [0.3, 0.4) is 0 Å². The van der Waals surface area contributed by atoms with E-state index in [1.807, 2.05) is 0 Å². The number of hydrogen-bond acceptors (Lipinski definition) is 2. The molecular formula is C10H16O3. The van der Waals surface area contributed by atoms with Crippen molar-refractivity contribution in [2.24, 2.45) is 11.8 Å². The second-order valence-electron chi connectivity index (χ2n) is 4.53. The van der Waals surface area contributed by atoms with Crippen molar-refractivity contribution in [3.63, 3.8) is 0 Å². The van der Waals surface area contributed by atoms with E-state index in [0.717, 1.165) is 12.8 Å². The molecule has 0 amide bonds. The van der Waals surface area contributed by atoms with E-state index in [0.29, 0.717) is 18.8 Å². The van der Waals surface area contributed by atoms with Crippen LogP contribution in [0.15, 0.2) is 0 Å². The van der Waals surface area contributed by atoms with Crippen molar-refractivity contribution in [1.29, 1.82) is 0 Å². The molecule has 13 heavy (non-hydrogen) atoms. The van der Waals surface area contributed by atoms with Crippen LogP contribution in [-0.4, -0.2) is 21.8 Å². The molecule has 0 saturated heterocycles. The lowest BCUT2D eigenvalue weighted by molar-refractivity contribution is -0.166. The van der Waals surface area contributed by atoms with Crippen LogP contribution in [0.2, 0.25) is 0 Å². The predicted molar refractivity (Wildman–Crippen MR) is 47.3 cm³/mol. The molecule has 0 atom stereocenters. The average Bonchev–Trinajstić information content (AvgIpc) is 2.49. The van der Waals surface area contributed by atoms with Gasteiger partial charge in [-0.2, -0.15) is 0 Å². The molecular weight excluding hydrogens is 168 g/mol. The summed E-state index contributed by atoms with van der Waals surface area (Å²) >= 11 is 0. The summed E-state index contributed by atoms with van der Waals surface area (Å²) in [6, 6.07) is 0. The van der Waals surface area contributed by atoms with Crippen LogP contribution >= 0.6 is 0 Å². The van der Waals surface area contributed by atoms with Crippen molar-refractivity contribution >= 4 is 5.97 Å². The molecule has 0 aromatic carbocycles. The highest BCUT2D eigenvalue weighted by Crippen LogP contribution is 2.48. The molecule has 2 saturated carbocycles.